The van der Waals surface area contributed by atoms with Crippen LogP contribution in [0.15, 0.2) is 28.7 Å². The average Bonchev–Trinajstić information content (AvgIpc) is 2.53. The monoisotopic (exact) mass is 354 g/mol. The van der Waals surface area contributed by atoms with Gasteiger partial charge >= 0.3 is 0 Å². The zero-order valence-electron chi connectivity index (χ0n) is 12.5. The smallest absolute Gasteiger partial charge is 0.224 e. The second-order valence-corrected chi connectivity index (χ2v) is 6.13. The van der Waals surface area contributed by atoms with Crippen molar-refractivity contribution in [2.75, 3.05) is 32.8 Å². The molecule has 1 heterocycles. The van der Waals surface area contributed by atoms with Crippen molar-refractivity contribution in [3.8, 4) is 0 Å². The molecule has 1 fully saturated rings. The highest BCUT2D eigenvalue weighted by atomic mass is 79.9. The first-order valence-electron chi connectivity index (χ1n) is 7.55. The minimum atomic E-state index is 0.219. The van der Waals surface area contributed by atoms with Gasteiger partial charge in [0.15, 0.2) is 0 Å². The largest absolute Gasteiger partial charge is 0.378 e. The number of nitrogens with one attached hydrogen (secondary N) is 1. The number of benzene rings is 1. The maximum Gasteiger partial charge on any atom is 0.224 e. The number of carbonyl (C=O) groups is 1. The van der Waals surface area contributed by atoms with E-state index in [0.29, 0.717) is 32.2 Å². The van der Waals surface area contributed by atoms with E-state index in [1.165, 1.54) is 5.56 Å². The third kappa shape index (κ3) is 5.09. The first-order chi connectivity index (χ1) is 10.2. The van der Waals surface area contributed by atoms with E-state index >= 15 is 0 Å². The van der Waals surface area contributed by atoms with E-state index in [4.69, 9.17) is 4.74 Å². The van der Waals surface area contributed by atoms with Gasteiger partial charge in [-0.2, -0.15) is 0 Å². The number of halogens is 1. The normalized spacial score (nSPS) is 16.8. The van der Waals surface area contributed by atoms with Crippen LogP contribution >= 0.6 is 15.9 Å². The number of hydrogen-bond donors (Lipinski definition) is 1. The van der Waals surface area contributed by atoms with Crippen LogP contribution in [0.25, 0.3) is 0 Å². The SMILES string of the molecule is CCC(NCCC(=O)N1CCOCC1)c1ccc(Br)cc1. The topological polar surface area (TPSA) is 41.6 Å². The average molecular weight is 355 g/mol. The lowest BCUT2D eigenvalue weighted by Gasteiger charge is -2.27. The van der Waals surface area contributed by atoms with Gasteiger partial charge in [-0.05, 0) is 24.1 Å². The van der Waals surface area contributed by atoms with Gasteiger partial charge in [0, 0.05) is 36.6 Å². The van der Waals surface area contributed by atoms with Gasteiger partial charge in [0.1, 0.15) is 0 Å². The molecule has 2 rings (SSSR count). The maximum atomic E-state index is 12.1. The molecule has 0 aliphatic carbocycles. The molecule has 0 saturated carbocycles. The molecule has 1 amide bonds. The van der Waals surface area contributed by atoms with Crippen molar-refractivity contribution in [3.05, 3.63) is 34.3 Å². The van der Waals surface area contributed by atoms with Crippen LogP contribution in [0.3, 0.4) is 0 Å². The van der Waals surface area contributed by atoms with Gasteiger partial charge in [-0.25, -0.2) is 0 Å². The van der Waals surface area contributed by atoms with Crippen LogP contribution in [-0.4, -0.2) is 43.7 Å². The molecule has 0 radical (unpaired) electrons. The predicted molar refractivity (Wildman–Crippen MR) is 87.2 cm³/mol. The lowest BCUT2D eigenvalue weighted by molar-refractivity contribution is -0.135. The summed E-state index contributed by atoms with van der Waals surface area (Å²) >= 11 is 3.45. The van der Waals surface area contributed by atoms with Crippen LogP contribution in [0.2, 0.25) is 0 Å². The summed E-state index contributed by atoms with van der Waals surface area (Å²) in [5.74, 6) is 0.219. The van der Waals surface area contributed by atoms with E-state index in [0.717, 1.165) is 24.0 Å². The van der Waals surface area contributed by atoms with Gasteiger partial charge in [0.2, 0.25) is 5.91 Å². The van der Waals surface area contributed by atoms with Gasteiger partial charge in [-0.3, -0.25) is 4.79 Å². The van der Waals surface area contributed by atoms with Gasteiger partial charge in [0.25, 0.3) is 0 Å². The quantitative estimate of drug-likeness (QED) is 0.853. The molecule has 5 heteroatoms. The first kappa shape index (κ1) is 16.5. The van der Waals surface area contributed by atoms with Crippen LogP contribution in [0.4, 0.5) is 0 Å². The number of hydrogen-bond acceptors (Lipinski definition) is 3. The zero-order valence-corrected chi connectivity index (χ0v) is 14.1. The molecule has 0 aromatic heterocycles. The Bertz CT molecular complexity index is 444. The minimum Gasteiger partial charge on any atom is -0.378 e. The zero-order chi connectivity index (χ0) is 15.1. The molecule has 116 valence electrons. The number of nitrogens with zero attached hydrogens (tertiary/aromatic N) is 1. The summed E-state index contributed by atoms with van der Waals surface area (Å²) in [6.45, 7) is 5.64. The summed E-state index contributed by atoms with van der Waals surface area (Å²) < 4.78 is 6.35. The molecule has 21 heavy (non-hydrogen) atoms. The highest BCUT2D eigenvalue weighted by molar-refractivity contribution is 9.10. The molecule has 4 nitrogen and oxygen atoms in total. The van der Waals surface area contributed by atoms with Crippen molar-refractivity contribution in [2.45, 2.75) is 25.8 Å². The van der Waals surface area contributed by atoms with Crippen LogP contribution in [0.5, 0.6) is 0 Å². The highest BCUT2D eigenvalue weighted by Crippen LogP contribution is 2.19. The van der Waals surface area contributed by atoms with E-state index < -0.39 is 0 Å². The molecule has 1 aliphatic rings. The van der Waals surface area contributed by atoms with E-state index in [-0.39, 0.29) is 5.91 Å². The van der Waals surface area contributed by atoms with Crippen molar-refractivity contribution in [1.82, 2.24) is 10.2 Å². The fourth-order valence-electron chi connectivity index (χ4n) is 2.52. The van der Waals surface area contributed by atoms with Crippen LogP contribution < -0.4 is 5.32 Å². The van der Waals surface area contributed by atoms with Crippen LogP contribution in [0.1, 0.15) is 31.4 Å². The predicted octanol–water partition coefficient (Wildman–Crippen LogP) is 2.74. The van der Waals surface area contributed by atoms with Crippen molar-refractivity contribution < 1.29 is 9.53 Å². The number of rotatable bonds is 6. The van der Waals surface area contributed by atoms with E-state index in [2.05, 4.69) is 52.4 Å². The molecule has 1 saturated heterocycles. The van der Waals surface area contributed by atoms with Crippen LogP contribution in [0, 0.1) is 0 Å². The molecule has 0 spiro atoms. The van der Waals surface area contributed by atoms with Gasteiger partial charge in [0.05, 0.1) is 13.2 Å². The Morgan fingerprint density at radius 1 is 1.33 bits per heavy atom. The molecule has 1 aliphatic heterocycles. The van der Waals surface area contributed by atoms with E-state index in [1.807, 2.05) is 4.90 Å². The molecular weight excluding hydrogens is 332 g/mol. The Hall–Kier alpha value is -0.910. The summed E-state index contributed by atoms with van der Waals surface area (Å²) in [7, 11) is 0. The third-order valence-corrected chi connectivity index (χ3v) is 4.30. The van der Waals surface area contributed by atoms with Gasteiger partial charge < -0.3 is 15.0 Å². The maximum absolute atomic E-state index is 12.1. The fourth-order valence-corrected chi connectivity index (χ4v) is 2.78. The second kappa shape index (κ2) is 8.51. The Kier molecular flexibility index (Phi) is 6.67. The third-order valence-electron chi connectivity index (χ3n) is 3.77. The van der Waals surface area contributed by atoms with Crippen molar-refractivity contribution in [1.29, 1.82) is 0 Å². The van der Waals surface area contributed by atoms with Gasteiger partial charge in [-0.1, -0.05) is 35.0 Å². The van der Waals surface area contributed by atoms with E-state index in [9.17, 15) is 4.79 Å². The molecule has 1 atom stereocenters. The number of carbonyl (C=O) groups excluding carboxylic acids is 1. The molecule has 1 unspecified atom stereocenters. The lowest BCUT2D eigenvalue weighted by atomic mass is 10.0. The minimum absolute atomic E-state index is 0.219. The number of morpholine rings is 1. The van der Waals surface area contributed by atoms with Crippen molar-refractivity contribution >= 4 is 21.8 Å². The molecule has 1 N–H and O–H groups in total. The number of ether oxygens (including phenoxy) is 1. The standard InChI is InChI=1S/C16H23BrN2O2/c1-2-15(13-3-5-14(17)6-4-13)18-8-7-16(20)19-9-11-21-12-10-19/h3-6,15,18H,2,7-12H2,1H3. The fraction of sp³-hybridized carbons (Fsp3) is 0.562. The molecule has 1 aromatic carbocycles. The second-order valence-electron chi connectivity index (χ2n) is 5.21. The number of amides is 1. The molecule has 0 bridgehead atoms. The molecule has 1 aromatic rings. The summed E-state index contributed by atoms with van der Waals surface area (Å²) in [6.07, 6.45) is 1.56. The van der Waals surface area contributed by atoms with E-state index in [1.54, 1.807) is 0 Å². The summed E-state index contributed by atoms with van der Waals surface area (Å²) in [6, 6.07) is 8.65. The first-order valence-corrected chi connectivity index (χ1v) is 8.34. The summed E-state index contributed by atoms with van der Waals surface area (Å²) in [4.78, 5) is 14.0. The van der Waals surface area contributed by atoms with Crippen molar-refractivity contribution in [3.63, 3.8) is 0 Å². The molecular formula is C16H23BrN2O2. The highest BCUT2D eigenvalue weighted by Gasteiger charge is 2.17. The summed E-state index contributed by atoms with van der Waals surface area (Å²) in [5.41, 5.74) is 1.26. The van der Waals surface area contributed by atoms with Crippen LogP contribution in [-0.2, 0) is 9.53 Å². The van der Waals surface area contributed by atoms with Gasteiger partial charge in [-0.15, -0.1) is 0 Å². The Morgan fingerprint density at radius 3 is 2.62 bits per heavy atom. The lowest BCUT2D eigenvalue weighted by Crippen LogP contribution is -2.41. The Balaban J connectivity index is 1.77. The Morgan fingerprint density at radius 2 is 2.00 bits per heavy atom. The summed E-state index contributed by atoms with van der Waals surface area (Å²) in [5, 5.41) is 3.48. The Labute approximate surface area is 135 Å². The van der Waals surface area contributed by atoms with Crippen molar-refractivity contribution in [2.24, 2.45) is 0 Å².